The van der Waals surface area contributed by atoms with Crippen molar-refractivity contribution in [2.24, 2.45) is 0 Å². The number of rotatable bonds is 5. The molecule has 0 unspecified atom stereocenters. The topological polar surface area (TPSA) is 21.3 Å². The van der Waals surface area contributed by atoms with Gasteiger partial charge in [-0.2, -0.15) is 0 Å². The van der Waals surface area contributed by atoms with E-state index in [2.05, 4.69) is 38.2 Å². The smallest absolute Gasteiger partial charge is 0.165 e. The van der Waals surface area contributed by atoms with E-state index in [0.29, 0.717) is 6.61 Å². The Morgan fingerprint density at radius 3 is 2.19 bits per heavy atom. The van der Waals surface area contributed by atoms with Crippen molar-refractivity contribution in [3.63, 3.8) is 0 Å². The van der Waals surface area contributed by atoms with E-state index >= 15 is 0 Å². The Hall–Kier alpha value is -1.87. The third-order valence-electron chi connectivity index (χ3n) is 3.08. The summed E-state index contributed by atoms with van der Waals surface area (Å²) in [5, 5.41) is 3.44. The van der Waals surface area contributed by atoms with Crippen LogP contribution >= 0.6 is 0 Å². The molecule has 0 saturated carbocycles. The normalized spacial score (nSPS) is 11.4. The van der Waals surface area contributed by atoms with Crippen LogP contribution in [0.5, 0.6) is 5.75 Å². The molecule has 0 spiro atoms. The van der Waals surface area contributed by atoms with Gasteiger partial charge in [-0.1, -0.05) is 36.4 Å². The summed E-state index contributed by atoms with van der Waals surface area (Å²) in [5.41, 5.74) is 2.35. The highest BCUT2D eigenvalue weighted by Crippen LogP contribution is 2.17. The molecule has 0 fully saturated rings. The van der Waals surface area contributed by atoms with Crippen molar-refractivity contribution in [3.05, 3.63) is 65.5 Å². The van der Waals surface area contributed by atoms with E-state index in [1.54, 1.807) is 18.2 Å². The Morgan fingerprint density at radius 1 is 0.952 bits per heavy atom. The molecule has 1 N–H and O–H groups in total. The van der Waals surface area contributed by atoms with Gasteiger partial charge in [-0.15, -0.1) is 0 Å². The van der Waals surface area contributed by atoms with E-state index in [-0.39, 0.29) is 17.1 Å². The van der Waals surface area contributed by atoms with Crippen molar-refractivity contribution in [3.8, 4) is 5.75 Å². The maximum Gasteiger partial charge on any atom is 0.165 e. The predicted octanol–water partition coefficient (Wildman–Crippen LogP) is 4.29. The van der Waals surface area contributed by atoms with Crippen LogP contribution in [0.15, 0.2) is 48.5 Å². The number of hydrogen-bond donors (Lipinski definition) is 1. The Balaban J connectivity index is 1.89. The van der Waals surface area contributed by atoms with E-state index in [9.17, 15) is 4.39 Å². The van der Waals surface area contributed by atoms with Crippen molar-refractivity contribution in [2.45, 2.75) is 39.5 Å². The monoisotopic (exact) mass is 287 g/mol. The van der Waals surface area contributed by atoms with Gasteiger partial charge < -0.3 is 10.1 Å². The largest absolute Gasteiger partial charge is 0.486 e. The minimum absolute atomic E-state index is 0.104. The van der Waals surface area contributed by atoms with Crippen LogP contribution in [0.25, 0.3) is 0 Å². The molecular weight excluding hydrogens is 265 g/mol. The van der Waals surface area contributed by atoms with Gasteiger partial charge in [0.05, 0.1) is 0 Å². The Morgan fingerprint density at radius 2 is 1.57 bits per heavy atom. The van der Waals surface area contributed by atoms with Gasteiger partial charge in [-0.05, 0) is 44.0 Å². The van der Waals surface area contributed by atoms with E-state index in [0.717, 1.165) is 12.1 Å². The molecule has 0 aliphatic rings. The van der Waals surface area contributed by atoms with Gasteiger partial charge in [0, 0.05) is 12.1 Å². The van der Waals surface area contributed by atoms with Gasteiger partial charge in [0.2, 0.25) is 0 Å². The molecule has 0 atom stereocenters. The summed E-state index contributed by atoms with van der Waals surface area (Å²) >= 11 is 0. The number of benzene rings is 2. The summed E-state index contributed by atoms with van der Waals surface area (Å²) in [6.07, 6.45) is 0. The standard InChI is InChI=1S/C18H22FNO/c1-18(2,3)20-12-14-8-10-15(11-9-14)13-21-17-7-5-4-6-16(17)19/h4-11,20H,12-13H2,1-3H3. The Bertz CT molecular complexity index is 573. The highest BCUT2D eigenvalue weighted by molar-refractivity contribution is 5.26. The minimum Gasteiger partial charge on any atom is -0.486 e. The van der Waals surface area contributed by atoms with Gasteiger partial charge in [0.25, 0.3) is 0 Å². The lowest BCUT2D eigenvalue weighted by atomic mass is 10.1. The molecule has 0 aliphatic heterocycles. The zero-order valence-corrected chi connectivity index (χ0v) is 12.8. The van der Waals surface area contributed by atoms with Crippen LogP contribution in [0.4, 0.5) is 4.39 Å². The molecule has 0 bridgehead atoms. The van der Waals surface area contributed by atoms with E-state index in [4.69, 9.17) is 4.74 Å². The van der Waals surface area contributed by atoms with Crippen LogP contribution < -0.4 is 10.1 Å². The lowest BCUT2D eigenvalue weighted by molar-refractivity contribution is 0.290. The summed E-state index contributed by atoms with van der Waals surface area (Å²) < 4.78 is 18.9. The summed E-state index contributed by atoms with van der Waals surface area (Å²) in [6.45, 7) is 7.63. The lowest BCUT2D eigenvalue weighted by Gasteiger charge is -2.20. The zero-order chi connectivity index (χ0) is 15.3. The predicted molar refractivity (Wildman–Crippen MR) is 83.8 cm³/mol. The van der Waals surface area contributed by atoms with E-state index in [1.807, 2.05) is 12.1 Å². The number of para-hydroxylation sites is 1. The van der Waals surface area contributed by atoms with Crippen LogP contribution in [0, 0.1) is 5.82 Å². The van der Waals surface area contributed by atoms with E-state index in [1.165, 1.54) is 11.6 Å². The summed E-state index contributed by atoms with van der Waals surface area (Å²) in [5.74, 6) is -0.0422. The zero-order valence-electron chi connectivity index (χ0n) is 12.8. The average Bonchev–Trinajstić information content (AvgIpc) is 2.45. The molecule has 0 aliphatic carbocycles. The van der Waals surface area contributed by atoms with Gasteiger partial charge >= 0.3 is 0 Å². The second-order valence-electron chi connectivity index (χ2n) is 6.14. The first kappa shape index (κ1) is 15.5. The van der Waals surface area contributed by atoms with Crippen molar-refractivity contribution in [2.75, 3.05) is 0 Å². The number of halogens is 1. The molecule has 21 heavy (non-hydrogen) atoms. The molecule has 3 heteroatoms. The van der Waals surface area contributed by atoms with Crippen LogP contribution in [-0.2, 0) is 13.2 Å². The molecule has 0 heterocycles. The highest BCUT2D eigenvalue weighted by atomic mass is 19.1. The molecular formula is C18H22FNO. The van der Waals surface area contributed by atoms with Gasteiger partial charge in [-0.3, -0.25) is 0 Å². The van der Waals surface area contributed by atoms with Crippen molar-refractivity contribution in [1.82, 2.24) is 5.32 Å². The Kier molecular flexibility index (Phi) is 4.97. The maximum absolute atomic E-state index is 13.4. The fraction of sp³-hybridized carbons (Fsp3) is 0.333. The van der Waals surface area contributed by atoms with Gasteiger partial charge in [-0.25, -0.2) is 4.39 Å². The summed E-state index contributed by atoms with van der Waals surface area (Å²) in [7, 11) is 0. The number of hydrogen-bond acceptors (Lipinski definition) is 2. The van der Waals surface area contributed by atoms with Crippen molar-refractivity contribution < 1.29 is 9.13 Å². The second-order valence-corrected chi connectivity index (χ2v) is 6.14. The van der Waals surface area contributed by atoms with Crippen molar-refractivity contribution >= 4 is 0 Å². The first-order valence-corrected chi connectivity index (χ1v) is 7.14. The second kappa shape index (κ2) is 6.72. The van der Waals surface area contributed by atoms with E-state index < -0.39 is 0 Å². The highest BCUT2D eigenvalue weighted by Gasteiger charge is 2.08. The van der Waals surface area contributed by atoms with Gasteiger partial charge in [0.1, 0.15) is 6.61 Å². The Labute approximate surface area is 126 Å². The molecule has 0 radical (unpaired) electrons. The quantitative estimate of drug-likeness (QED) is 0.885. The van der Waals surface area contributed by atoms with Crippen LogP contribution in [0.2, 0.25) is 0 Å². The molecule has 2 rings (SSSR count). The molecule has 0 aromatic heterocycles. The van der Waals surface area contributed by atoms with Crippen molar-refractivity contribution in [1.29, 1.82) is 0 Å². The third-order valence-corrected chi connectivity index (χ3v) is 3.08. The lowest BCUT2D eigenvalue weighted by Crippen LogP contribution is -2.35. The summed E-state index contributed by atoms with van der Waals surface area (Å²) in [4.78, 5) is 0. The molecule has 2 nitrogen and oxygen atoms in total. The van der Waals surface area contributed by atoms with Crippen LogP contribution in [-0.4, -0.2) is 5.54 Å². The molecule has 0 amide bonds. The minimum atomic E-state index is -0.330. The number of ether oxygens (including phenoxy) is 1. The molecule has 112 valence electrons. The summed E-state index contributed by atoms with van der Waals surface area (Å²) in [6, 6.07) is 14.6. The molecule has 2 aromatic rings. The third kappa shape index (κ3) is 5.20. The molecule has 0 saturated heterocycles. The molecule has 2 aromatic carbocycles. The fourth-order valence-electron chi connectivity index (χ4n) is 1.84. The fourth-order valence-corrected chi connectivity index (χ4v) is 1.84. The average molecular weight is 287 g/mol. The SMILES string of the molecule is CC(C)(C)NCc1ccc(COc2ccccc2F)cc1. The first-order chi connectivity index (χ1) is 9.94. The number of nitrogens with one attached hydrogen (secondary N) is 1. The van der Waals surface area contributed by atoms with Crippen LogP contribution in [0.3, 0.4) is 0 Å². The van der Waals surface area contributed by atoms with Crippen LogP contribution in [0.1, 0.15) is 31.9 Å². The maximum atomic E-state index is 13.4. The first-order valence-electron chi connectivity index (χ1n) is 7.14. The van der Waals surface area contributed by atoms with Gasteiger partial charge in [0.15, 0.2) is 11.6 Å².